The van der Waals surface area contributed by atoms with Gasteiger partial charge in [0.1, 0.15) is 19.0 Å². The fourth-order valence-electron chi connectivity index (χ4n) is 2.08. The molecule has 0 saturated heterocycles. The van der Waals surface area contributed by atoms with Gasteiger partial charge in [-0.05, 0) is 29.3 Å². The summed E-state index contributed by atoms with van der Waals surface area (Å²) in [7, 11) is 0. The van der Waals surface area contributed by atoms with E-state index in [1.807, 2.05) is 18.2 Å². The summed E-state index contributed by atoms with van der Waals surface area (Å²) in [5.41, 5.74) is 1.84. The van der Waals surface area contributed by atoms with Crippen LogP contribution in [0.2, 0.25) is 0 Å². The van der Waals surface area contributed by atoms with Gasteiger partial charge in [-0.1, -0.05) is 44.7 Å². The van der Waals surface area contributed by atoms with E-state index < -0.39 is 0 Å². The van der Waals surface area contributed by atoms with E-state index in [0.717, 1.165) is 11.1 Å². The van der Waals surface area contributed by atoms with Gasteiger partial charge in [0.15, 0.2) is 0 Å². The summed E-state index contributed by atoms with van der Waals surface area (Å²) in [6.45, 7) is 9.95. The minimum atomic E-state index is -0.318. The zero-order chi connectivity index (χ0) is 17.3. The van der Waals surface area contributed by atoms with Crippen molar-refractivity contribution < 1.29 is 19.4 Å². The van der Waals surface area contributed by atoms with Crippen molar-refractivity contribution in [1.29, 1.82) is 0 Å². The molecule has 1 aromatic rings. The Morgan fingerprint density at radius 1 is 1.26 bits per heavy atom. The Bertz CT molecular complexity index is 580. The van der Waals surface area contributed by atoms with Crippen molar-refractivity contribution in [3.63, 3.8) is 0 Å². The minimum absolute atomic E-state index is 0.233. The average molecular weight is 316 g/mol. The van der Waals surface area contributed by atoms with Crippen LogP contribution >= 0.6 is 0 Å². The van der Waals surface area contributed by atoms with Gasteiger partial charge in [0, 0.05) is 12.3 Å². The molecule has 0 bridgehead atoms. The van der Waals surface area contributed by atoms with Gasteiger partial charge in [-0.2, -0.15) is 0 Å². The Labute approximate surface area is 137 Å². The fourth-order valence-corrected chi connectivity index (χ4v) is 2.08. The first-order chi connectivity index (χ1) is 10.9. The summed E-state index contributed by atoms with van der Waals surface area (Å²) < 4.78 is 10.0. The first-order valence-corrected chi connectivity index (χ1v) is 7.42. The van der Waals surface area contributed by atoms with Gasteiger partial charge in [-0.15, -0.1) is 0 Å². The van der Waals surface area contributed by atoms with Crippen LogP contribution < -0.4 is 0 Å². The molecule has 0 amide bonds. The predicted molar refractivity (Wildman–Crippen MR) is 91.1 cm³/mol. The Morgan fingerprint density at radius 2 is 1.91 bits per heavy atom. The van der Waals surface area contributed by atoms with Crippen molar-refractivity contribution in [2.45, 2.75) is 26.2 Å². The van der Waals surface area contributed by atoms with E-state index >= 15 is 0 Å². The summed E-state index contributed by atoms with van der Waals surface area (Å²) in [6.07, 6.45) is 7.06. The molecule has 4 nitrogen and oxygen atoms in total. The molecule has 1 N–H and O–H groups in total. The lowest BCUT2D eigenvalue weighted by atomic mass is 9.77. The highest BCUT2D eigenvalue weighted by molar-refractivity contribution is 5.65. The van der Waals surface area contributed by atoms with E-state index in [0.29, 0.717) is 6.61 Å². The summed E-state index contributed by atoms with van der Waals surface area (Å²) in [4.78, 5) is 10.6. The molecule has 1 rings (SSSR count). The van der Waals surface area contributed by atoms with Crippen molar-refractivity contribution in [3.8, 4) is 5.75 Å². The quantitative estimate of drug-likeness (QED) is 0.342. The molecule has 0 aliphatic heterocycles. The summed E-state index contributed by atoms with van der Waals surface area (Å²) >= 11 is 0. The molecule has 0 aliphatic rings. The van der Waals surface area contributed by atoms with Crippen LogP contribution in [0.4, 0.5) is 0 Å². The second-order valence-electron chi connectivity index (χ2n) is 5.54. The number of allylic oxidation sites excluding steroid dienone is 4. The maximum absolute atomic E-state index is 10.6. The second-order valence-corrected chi connectivity index (χ2v) is 5.54. The molecular weight excluding hydrogens is 292 g/mol. The molecule has 1 aromatic carbocycles. The molecule has 0 heterocycles. The van der Waals surface area contributed by atoms with Crippen molar-refractivity contribution in [1.82, 2.24) is 0 Å². The Morgan fingerprint density at radius 3 is 2.48 bits per heavy atom. The third-order valence-corrected chi connectivity index (χ3v) is 3.49. The lowest BCUT2D eigenvalue weighted by Crippen LogP contribution is -2.19. The summed E-state index contributed by atoms with van der Waals surface area (Å²) in [5.74, 6) is -0.0724. The van der Waals surface area contributed by atoms with E-state index in [4.69, 9.17) is 9.47 Å². The zero-order valence-electron chi connectivity index (χ0n) is 13.9. The molecule has 23 heavy (non-hydrogen) atoms. The van der Waals surface area contributed by atoms with Crippen LogP contribution in [0.15, 0.2) is 60.9 Å². The van der Waals surface area contributed by atoms with E-state index in [-0.39, 0.29) is 23.7 Å². The van der Waals surface area contributed by atoms with Crippen molar-refractivity contribution in [3.05, 3.63) is 66.5 Å². The molecule has 0 saturated carbocycles. The number of carbonyl (C=O) groups is 1. The van der Waals surface area contributed by atoms with E-state index in [9.17, 15) is 9.90 Å². The number of ether oxygens (including phenoxy) is 2. The van der Waals surface area contributed by atoms with Crippen LogP contribution in [0.3, 0.4) is 0 Å². The Hall–Kier alpha value is -2.49. The van der Waals surface area contributed by atoms with Gasteiger partial charge >= 0.3 is 5.97 Å². The number of carbonyl (C=O) groups excluding carboxylic acids is 1. The lowest BCUT2D eigenvalue weighted by molar-refractivity contribution is -0.141. The van der Waals surface area contributed by atoms with Crippen molar-refractivity contribution >= 4 is 5.97 Å². The van der Waals surface area contributed by atoms with Gasteiger partial charge < -0.3 is 14.6 Å². The number of esters is 1. The standard InChI is InChI=1S/C19H24O4/c1-5-16(7-6-12-22-13-14-23-15(2)20)19(3,4)17-8-10-18(21)11-9-17/h5-12,21H,1,13-14H2,2-4H3. The SMILES string of the molecule is C=CC(=CC=COCCOC(C)=O)C(C)(C)c1ccc(O)cc1. The third kappa shape index (κ3) is 6.02. The number of phenolic OH excluding ortho intramolecular Hbond substituents is 1. The Balaban J connectivity index is 2.68. The van der Waals surface area contributed by atoms with Gasteiger partial charge in [0.2, 0.25) is 0 Å². The van der Waals surface area contributed by atoms with Crippen LogP contribution in [0.1, 0.15) is 26.3 Å². The van der Waals surface area contributed by atoms with Gasteiger partial charge in [0.25, 0.3) is 0 Å². The van der Waals surface area contributed by atoms with Gasteiger partial charge in [-0.25, -0.2) is 0 Å². The summed E-state index contributed by atoms with van der Waals surface area (Å²) in [6, 6.07) is 7.13. The highest BCUT2D eigenvalue weighted by Gasteiger charge is 2.23. The van der Waals surface area contributed by atoms with E-state index in [1.54, 1.807) is 30.5 Å². The number of phenols is 1. The first-order valence-electron chi connectivity index (χ1n) is 7.42. The molecule has 0 atom stereocenters. The third-order valence-electron chi connectivity index (χ3n) is 3.49. The van der Waals surface area contributed by atoms with Crippen molar-refractivity contribution in [2.24, 2.45) is 0 Å². The van der Waals surface area contributed by atoms with Gasteiger partial charge in [0.05, 0.1) is 6.26 Å². The maximum atomic E-state index is 10.6. The topological polar surface area (TPSA) is 55.8 Å². The fraction of sp³-hybridized carbons (Fsp3) is 0.316. The lowest BCUT2D eigenvalue weighted by Gasteiger charge is -2.27. The molecule has 124 valence electrons. The zero-order valence-corrected chi connectivity index (χ0v) is 13.9. The number of benzene rings is 1. The predicted octanol–water partition coefficient (Wildman–Crippen LogP) is 3.88. The highest BCUT2D eigenvalue weighted by Crippen LogP contribution is 2.32. The molecular formula is C19H24O4. The van der Waals surface area contributed by atoms with Crippen LogP contribution in [-0.2, 0) is 19.7 Å². The maximum Gasteiger partial charge on any atom is 0.302 e. The molecule has 0 spiro atoms. The van der Waals surface area contributed by atoms with Gasteiger partial charge in [-0.3, -0.25) is 4.79 Å². The molecule has 0 aromatic heterocycles. The minimum Gasteiger partial charge on any atom is -0.508 e. The first kappa shape index (κ1) is 18.6. The summed E-state index contributed by atoms with van der Waals surface area (Å²) in [5, 5.41) is 9.40. The van der Waals surface area contributed by atoms with E-state index in [2.05, 4.69) is 20.4 Å². The second kappa shape index (κ2) is 8.83. The van der Waals surface area contributed by atoms with Crippen LogP contribution in [0, 0.1) is 0 Å². The number of rotatable bonds is 8. The van der Waals surface area contributed by atoms with Crippen LogP contribution in [0.25, 0.3) is 0 Å². The monoisotopic (exact) mass is 316 g/mol. The number of aromatic hydroxyl groups is 1. The van der Waals surface area contributed by atoms with E-state index in [1.165, 1.54) is 6.92 Å². The molecule has 0 fully saturated rings. The average Bonchev–Trinajstić information content (AvgIpc) is 2.50. The normalized spacial score (nSPS) is 12.2. The van der Waals surface area contributed by atoms with Crippen LogP contribution in [0.5, 0.6) is 5.75 Å². The number of hydrogen-bond donors (Lipinski definition) is 1. The molecule has 0 radical (unpaired) electrons. The molecule has 0 unspecified atom stereocenters. The smallest absolute Gasteiger partial charge is 0.302 e. The van der Waals surface area contributed by atoms with Crippen molar-refractivity contribution in [2.75, 3.05) is 13.2 Å². The largest absolute Gasteiger partial charge is 0.508 e. The number of hydrogen-bond acceptors (Lipinski definition) is 4. The Kier molecular flexibility index (Phi) is 7.13. The molecule has 0 aliphatic carbocycles. The highest BCUT2D eigenvalue weighted by atomic mass is 16.6. The molecule has 4 heteroatoms. The van der Waals surface area contributed by atoms with Crippen LogP contribution in [-0.4, -0.2) is 24.3 Å².